The molecule has 31 heavy (non-hydrogen) atoms. The molecule has 0 amide bonds. The molecule has 0 unspecified atom stereocenters. The molecule has 0 spiro atoms. The molecule has 0 bridgehead atoms. The van der Waals surface area contributed by atoms with Crippen molar-refractivity contribution in [3.05, 3.63) is 58.7 Å². The SMILES string of the molecule is CC1=CC=C(C2(NCC(=O)[C@H](C)CC3(CCNCc4ccc(C)cc4)CC3)CC2)CC1. The van der Waals surface area contributed by atoms with E-state index in [0.29, 0.717) is 17.7 Å². The molecule has 0 saturated heterocycles. The van der Waals surface area contributed by atoms with E-state index in [1.807, 2.05) is 0 Å². The second-order valence-electron chi connectivity index (χ2n) is 10.6. The molecule has 3 nitrogen and oxygen atoms in total. The summed E-state index contributed by atoms with van der Waals surface area (Å²) < 4.78 is 0. The fraction of sp³-hybridized carbons (Fsp3) is 0.607. The number of allylic oxidation sites excluding steroid dienone is 3. The van der Waals surface area contributed by atoms with Gasteiger partial charge in [0.2, 0.25) is 0 Å². The van der Waals surface area contributed by atoms with Crippen LogP contribution >= 0.6 is 0 Å². The van der Waals surface area contributed by atoms with Gasteiger partial charge in [0.15, 0.2) is 0 Å². The van der Waals surface area contributed by atoms with Gasteiger partial charge in [-0.15, -0.1) is 0 Å². The number of hydrogen-bond donors (Lipinski definition) is 2. The summed E-state index contributed by atoms with van der Waals surface area (Å²) in [6.45, 7) is 8.98. The third-order valence-corrected chi connectivity index (χ3v) is 7.85. The van der Waals surface area contributed by atoms with Crippen LogP contribution in [0.2, 0.25) is 0 Å². The summed E-state index contributed by atoms with van der Waals surface area (Å²) in [5.41, 5.74) is 6.16. The number of hydrogen-bond acceptors (Lipinski definition) is 3. The van der Waals surface area contributed by atoms with Crippen LogP contribution in [0.4, 0.5) is 0 Å². The Hall–Kier alpha value is -1.71. The average Bonchev–Trinajstić information content (AvgIpc) is 3.69. The summed E-state index contributed by atoms with van der Waals surface area (Å²) in [7, 11) is 0. The fourth-order valence-electron chi connectivity index (χ4n) is 5.10. The molecule has 3 aliphatic carbocycles. The number of carbonyl (C=O) groups excluding carboxylic acids is 1. The molecule has 1 aromatic rings. The summed E-state index contributed by atoms with van der Waals surface area (Å²) in [6, 6.07) is 8.76. The highest BCUT2D eigenvalue weighted by Crippen LogP contribution is 2.53. The van der Waals surface area contributed by atoms with Gasteiger partial charge in [0, 0.05) is 18.0 Å². The van der Waals surface area contributed by atoms with Crippen LogP contribution in [0.3, 0.4) is 0 Å². The van der Waals surface area contributed by atoms with Gasteiger partial charge in [-0.3, -0.25) is 4.79 Å². The highest BCUT2D eigenvalue weighted by atomic mass is 16.1. The first kappa shape index (κ1) is 22.5. The second-order valence-corrected chi connectivity index (χ2v) is 10.6. The summed E-state index contributed by atoms with van der Waals surface area (Å²) in [6.07, 6.45) is 14.1. The molecule has 0 heterocycles. The first-order valence-electron chi connectivity index (χ1n) is 12.3. The van der Waals surface area contributed by atoms with Gasteiger partial charge in [0.1, 0.15) is 5.78 Å². The molecule has 3 heteroatoms. The standard InChI is InChI=1S/C28H40N2O/c1-21-4-8-24(9-5-21)19-29-17-16-27(12-13-27)18-23(3)26(31)20-30-28(14-15-28)25-10-6-22(2)7-11-25/h4-6,8-10,23,29-30H,7,11-20H2,1-3H3/t23-/m1/s1. The number of carbonyl (C=O) groups is 1. The van der Waals surface area contributed by atoms with E-state index in [2.05, 4.69) is 67.8 Å². The van der Waals surface area contributed by atoms with Gasteiger partial charge in [-0.25, -0.2) is 0 Å². The van der Waals surface area contributed by atoms with Crippen LogP contribution in [-0.4, -0.2) is 24.4 Å². The summed E-state index contributed by atoms with van der Waals surface area (Å²) in [5.74, 6) is 0.554. The number of rotatable bonds is 12. The minimum absolute atomic E-state index is 0.129. The molecular formula is C28H40N2O. The number of nitrogens with one attached hydrogen (secondary N) is 2. The van der Waals surface area contributed by atoms with Crippen LogP contribution < -0.4 is 10.6 Å². The van der Waals surface area contributed by atoms with Gasteiger partial charge >= 0.3 is 0 Å². The fourth-order valence-corrected chi connectivity index (χ4v) is 5.10. The zero-order valence-corrected chi connectivity index (χ0v) is 19.7. The van der Waals surface area contributed by atoms with E-state index >= 15 is 0 Å². The Kier molecular flexibility index (Phi) is 6.83. The highest BCUT2D eigenvalue weighted by Gasteiger charge is 2.46. The minimum atomic E-state index is 0.129. The van der Waals surface area contributed by atoms with E-state index in [0.717, 1.165) is 25.9 Å². The Balaban J connectivity index is 1.18. The van der Waals surface area contributed by atoms with E-state index in [9.17, 15) is 4.79 Å². The second kappa shape index (κ2) is 9.42. The summed E-state index contributed by atoms with van der Waals surface area (Å²) in [4.78, 5) is 12.9. The monoisotopic (exact) mass is 420 g/mol. The van der Waals surface area contributed by atoms with E-state index in [1.54, 1.807) is 0 Å². The van der Waals surface area contributed by atoms with Crippen LogP contribution in [-0.2, 0) is 11.3 Å². The Morgan fingerprint density at radius 1 is 1.03 bits per heavy atom. The van der Waals surface area contributed by atoms with Crippen molar-refractivity contribution in [2.45, 2.75) is 84.2 Å². The lowest BCUT2D eigenvalue weighted by molar-refractivity contribution is -0.122. The molecule has 1 atom stereocenters. The summed E-state index contributed by atoms with van der Waals surface area (Å²) in [5, 5.41) is 7.26. The maximum absolute atomic E-state index is 12.9. The molecule has 0 radical (unpaired) electrons. The molecule has 4 rings (SSSR count). The van der Waals surface area contributed by atoms with E-state index in [1.165, 1.54) is 60.8 Å². The zero-order valence-electron chi connectivity index (χ0n) is 19.7. The maximum Gasteiger partial charge on any atom is 0.149 e. The third kappa shape index (κ3) is 5.96. The number of benzene rings is 1. The Morgan fingerprint density at radius 3 is 2.39 bits per heavy atom. The summed E-state index contributed by atoms with van der Waals surface area (Å²) >= 11 is 0. The molecule has 0 aliphatic heterocycles. The van der Waals surface area contributed by atoms with Gasteiger partial charge in [-0.2, -0.15) is 0 Å². The largest absolute Gasteiger partial charge is 0.313 e. The van der Waals surface area contributed by atoms with Crippen molar-refractivity contribution >= 4 is 5.78 Å². The molecular weight excluding hydrogens is 380 g/mol. The molecule has 2 saturated carbocycles. The van der Waals surface area contributed by atoms with Gasteiger partial charge in [0.25, 0.3) is 0 Å². The maximum atomic E-state index is 12.9. The minimum Gasteiger partial charge on any atom is -0.313 e. The van der Waals surface area contributed by atoms with Crippen LogP contribution in [0.15, 0.2) is 47.6 Å². The third-order valence-electron chi connectivity index (χ3n) is 7.85. The van der Waals surface area contributed by atoms with Crippen LogP contribution in [0.25, 0.3) is 0 Å². The molecule has 168 valence electrons. The Labute approximate surface area is 188 Å². The van der Waals surface area contributed by atoms with Gasteiger partial charge in [-0.05, 0) is 88.3 Å². The number of Topliss-reactive ketones (excluding diaryl/α,β-unsaturated/α-hetero) is 1. The van der Waals surface area contributed by atoms with Crippen molar-refractivity contribution in [2.75, 3.05) is 13.1 Å². The molecule has 1 aromatic carbocycles. The van der Waals surface area contributed by atoms with Crippen molar-refractivity contribution < 1.29 is 4.79 Å². The van der Waals surface area contributed by atoms with Gasteiger partial charge in [-0.1, -0.05) is 54.5 Å². The quantitative estimate of drug-likeness (QED) is 0.430. The lowest BCUT2D eigenvalue weighted by atomic mass is 9.87. The average molecular weight is 421 g/mol. The predicted molar refractivity (Wildman–Crippen MR) is 129 cm³/mol. The topological polar surface area (TPSA) is 41.1 Å². The van der Waals surface area contributed by atoms with Crippen molar-refractivity contribution in [1.29, 1.82) is 0 Å². The van der Waals surface area contributed by atoms with Crippen molar-refractivity contribution in [3.63, 3.8) is 0 Å². The smallest absolute Gasteiger partial charge is 0.149 e. The van der Waals surface area contributed by atoms with Gasteiger partial charge < -0.3 is 10.6 Å². The number of aryl methyl sites for hydroxylation is 1. The molecule has 2 N–H and O–H groups in total. The number of ketones is 1. The van der Waals surface area contributed by atoms with Crippen molar-refractivity contribution in [2.24, 2.45) is 11.3 Å². The van der Waals surface area contributed by atoms with E-state index in [4.69, 9.17) is 0 Å². The first-order valence-corrected chi connectivity index (χ1v) is 12.3. The van der Waals surface area contributed by atoms with Crippen LogP contribution in [0.5, 0.6) is 0 Å². The van der Waals surface area contributed by atoms with E-state index < -0.39 is 0 Å². The normalized spacial score (nSPS) is 21.8. The molecule has 3 aliphatic rings. The van der Waals surface area contributed by atoms with Crippen molar-refractivity contribution in [3.8, 4) is 0 Å². The Morgan fingerprint density at radius 2 is 1.77 bits per heavy atom. The first-order chi connectivity index (χ1) is 14.9. The predicted octanol–water partition coefficient (Wildman–Crippen LogP) is 5.64. The molecule has 2 fully saturated rings. The van der Waals surface area contributed by atoms with Crippen molar-refractivity contribution in [1.82, 2.24) is 10.6 Å². The van der Waals surface area contributed by atoms with Crippen LogP contribution in [0.1, 0.15) is 76.3 Å². The van der Waals surface area contributed by atoms with Crippen LogP contribution in [0, 0.1) is 18.3 Å². The lowest BCUT2D eigenvalue weighted by Gasteiger charge is -2.25. The lowest BCUT2D eigenvalue weighted by Crippen LogP contribution is -2.39. The molecule has 0 aromatic heterocycles. The van der Waals surface area contributed by atoms with Gasteiger partial charge in [0.05, 0.1) is 6.54 Å². The Bertz CT molecular complexity index is 840. The zero-order chi connectivity index (χ0) is 21.9. The van der Waals surface area contributed by atoms with E-state index in [-0.39, 0.29) is 11.5 Å². The highest BCUT2D eigenvalue weighted by molar-refractivity contribution is 5.83.